The van der Waals surface area contributed by atoms with Crippen molar-refractivity contribution in [2.45, 2.75) is 24.6 Å². The van der Waals surface area contributed by atoms with E-state index in [0.717, 1.165) is 24.1 Å². The largest absolute Gasteiger partial charge is 0.378 e. The van der Waals surface area contributed by atoms with Gasteiger partial charge in [0.1, 0.15) is 5.82 Å². The van der Waals surface area contributed by atoms with E-state index >= 15 is 0 Å². The summed E-state index contributed by atoms with van der Waals surface area (Å²) in [6.45, 7) is 0.528. The summed E-state index contributed by atoms with van der Waals surface area (Å²) in [6.07, 6.45) is 1.67. The lowest BCUT2D eigenvalue weighted by molar-refractivity contribution is 0.396. The molecule has 0 N–H and O–H groups in total. The van der Waals surface area contributed by atoms with E-state index in [4.69, 9.17) is 0 Å². The van der Waals surface area contributed by atoms with E-state index in [1.807, 2.05) is 37.2 Å². The molecule has 2 aromatic carbocycles. The first-order valence-corrected chi connectivity index (χ1v) is 9.99. The van der Waals surface area contributed by atoms with Crippen LogP contribution in [0.1, 0.15) is 30.0 Å². The van der Waals surface area contributed by atoms with Gasteiger partial charge in [-0.25, -0.2) is 12.8 Å². The van der Waals surface area contributed by atoms with Gasteiger partial charge in [0.2, 0.25) is 10.0 Å². The van der Waals surface area contributed by atoms with Crippen LogP contribution in [0.5, 0.6) is 0 Å². The van der Waals surface area contributed by atoms with Crippen molar-refractivity contribution in [2.75, 3.05) is 25.5 Å². The first-order chi connectivity index (χ1) is 11.9. The number of rotatable bonds is 5. The van der Waals surface area contributed by atoms with Gasteiger partial charge in [-0.2, -0.15) is 4.31 Å². The standard InChI is InChI=1S/C19H23FN2O2S/c1-21(2)18-6-3-5-16(13-18)19-7-4-12-22(19)25(23,24)14-15-8-10-17(20)11-9-15/h3,5-6,8-11,13,19H,4,7,12,14H2,1-2H3. The van der Waals surface area contributed by atoms with Crippen LogP contribution in [0.15, 0.2) is 48.5 Å². The van der Waals surface area contributed by atoms with Crippen LogP contribution >= 0.6 is 0 Å². The van der Waals surface area contributed by atoms with Gasteiger partial charge in [0.25, 0.3) is 0 Å². The molecule has 6 heteroatoms. The number of benzene rings is 2. The van der Waals surface area contributed by atoms with Gasteiger partial charge >= 0.3 is 0 Å². The average Bonchev–Trinajstić information content (AvgIpc) is 3.08. The Hall–Kier alpha value is -1.92. The lowest BCUT2D eigenvalue weighted by Gasteiger charge is -2.25. The van der Waals surface area contributed by atoms with Gasteiger partial charge in [0, 0.05) is 32.4 Å². The highest BCUT2D eigenvalue weighted by atomic mass is 32.2. The Morgan fingerprint density at radius 2 is 1.88 bits per heavy atom. The second-order valence-electron chi connectivity index (χ2n) is 6.64. The summed E-state index contributed by atoms with van der Waals surface area (Å²) in [4.78, 5) is 2.01. The van der Waals surface area contributed by atoms with Crippen molar-refractivity contribution in [2.24, 2.45) is 0 Å². The molecule has 3 rings (SSSR count). The van der Waals surface area contributed by atoms with Crippen LogP contribution in [0.3, 0.4) is 0 Å². The van der Waals surface area contributed by atoms with Gasteiger partial charge in [0.05, 0.1) is 5.75 Å². The molecule has 1 fully saturated rings. The molecule has 1 aliphatic heterocycles. The molecule has 1 atom stereocenters. The maximum absolute atomic E-state index is 13.0. The molecule has 1 aliphatic rings. The van der Waals surface area contributed by atoms with Crippen molar-refractivity contribution in [1.29, 1.82) is 0 Å². The molecule has 0 aromatic heterocycles. The SMILES string of the molecule is CN(C)c1cccc(C2CCCN2S(=O)(=O)Cc2ccc(F)cc2)c1. The molecule has 0 spiro atoms. The Morgan fingerprint density at radius 1 is 1.16 bits per heavy atom. The maximum atomic E-state index is 13.0. The molecule has 0 saturated carbocycles. The van der Waals surface area contributed by atoms with Gasteiger partial charge in [0.15, 0.2) is 0 Å². The zero-order chi connectivity index (χ0) is 18.0. The molecule has 0 bridgehead atoms. The number of anilines is 1. The average molecular weight is 362 g/mol. The predicted octanol–water partition coefficient (Wildman–Crippen LogP) is 3.56. The van der Waals surface area contributed by atoms with Gasteiger partial charge < -0.3 is 4.90 Å². The van der Waals surface area contributed by atoms with E-state index in [2.05, 4.69) is 6.07 Å². The van der Waals surface area contributed by atoms with Crippen molar-refractivity contribution in [3.63, 3.8) is 0 Å². The summed E-state index contributed by atoms with van der Waals surface area (Å²) in [5, 5.41) is 0. The third-order valence-electron chi connectivity index (χ3n) is 4.59. The van der Waals surface area contributed by atoms with Crippen LogP contribution in [-0.2, 0) is 15.8 Å². The summed E-state index contributed by atoms with van der Waals surface area (Å²) in [5.41, 5.74) is 2.68. The first-order valence-electron chi connectivity index (χ1n) is 8.38. The Morgan fingerprint density at radius 3 is 2.56 bits per heavy atom. The quantitative estimate of drug-likeness (QED) is 0.817. The zero-order valence-electron chi connectivity index (χ0n) is 14.5. The maximum Gasteiger partial charge on any atom is 0.218 e. The van der Waals surface area contributed by atoms with E-state index in [9.17, 15) is 12.8 Å². The minimum Gasteiger partial charge on any atom is -0.378 e. The summed E-state index contributed by atoms with van der Waals surface area (Å²) >= 11 is 0. The van der Waals surface area contributed by atoms with Gasteiger partial charge in [-0.3, -0.25) is 0 Å². The number of halogens is 1. The summed E-state index contributed by atoms with van der Waals surface area (Å²) in [5.74, 6) is -0.461. The number of nitrogens with zero attached hydrogens (tertiary/aromatic N) is 2. The van der Waals surface area contributed by atoms with Crippen LogP contribution in [-0.4, -0.2) is 33.4 Å². The minimum atomic E-state index is -3.46. The van der Waals surface area contributed by atoms with Crippen LogP contribution in [0, 0.1) is 5.82 Å². The van der Waals surface area contributed by atoms with Crippen LogP contribution < -0.4 is 4.90 Å². The summed E-state index contributed by atoms with van der Waals surface area (Å²) < 4.78 is 40.5. The van der Waals surface area contributed by atoms with Crippen molar-refractivity contribution in [1.82, 2.24) is 4.31 Å². The molecule has 1 unspecified atom stereocenters. The van der Waals surface area contributed by atoms with E-state index in [1.54, 1.807) is 4.31 Å². The van der Waals surface area contributed by atoms with E-state index < -0.39 is 10.0 Å². The summed E-state index contributed by atoms with van der Waals surface area (Å²) in [6, 6.07) is 13.5. The Kier molecular flexibility index (Phi) is 5.11. The highest BCUT2D eigenvalue weighted by molar-refractivity contribution is 7.88. The number of sulfonamides is 1. The van der Waals surface area contributed by atoms with Gasteiger partial charge in [-0.1, -0.05) is 24.3 Å². The van der Waals surface area contributed by atoms with Crippen LogP contribution in [0.4, 0.5) is 10.1 Å². The van der Waals surface area contributed by atoms with Gasteiger partial charge in [-0.15, -0.1) is 0 Å². The van der Waals surface area contributed by atoms with Crippen LogP contribution in [0.25, 0.3) is 0 Å². The smallest absolute Gasteiger partial charge is 0.218 e. The van der Waals surface area contributed by atoms with Crippen molar-refractivity contribution < 1.29 is 12.8 Å². The third-order valence-corrected chi connectivity index (χ3v) is 6.44. The van der Waals surface area contributed by atoms with Crippen LogP contribution in [0.2, 0.25) is 0 Å². The Labute approximate surface area is 148 Å². The predicted molar refractivity (Wildman–Crippen MR) is 98.5 cm³/mol. The third kappa shape index (κ3) is 4.02. The lowest BCUT2D eigenvalue weighted by atomic mass is 10.0. The van der Waals surface area contributed by atoms with Crippen molar-refractivity contribution in [3.05, 3.63) is 65.5 Å². The molecule has 0 radical (unpaired) electrons. The van der Waals surface area contributed by atoms with E-state index in [1.165, 1.54) is 24.3 Å². The fourth-order valence-electron chi connectivity index (χ4n) is 3.29. The molecule has 0 amide bonds. The second kappa shape index (κ2) is 7.14. The number of hydrogen-bond donors (Lipinski definition) is 0. The van der Waals surface area contributed by atoms with E-state index in [-0.39, 0.29) is 17.6 Å². The second-order valence-corrected chi connectivity index (χ2v) is 8.56. The minimum absolute atomic E-state index is 0.100. The fraction of sp³-hybridized carbons (Fsp3) is 0.368. The molecule has 1 saturated heterocycles. The molecule has 2 aromatic rings. The lowest BCUT2D eigenvalue weighted by Crippen LogP contribution is -2.31. The molecular weight excluding hydrogens is 339 g/mol. The monoisotopic (exact) mass is 362 g/mol. The zero-order valence-corrected chi connectivity index (χ0v) is 15.3. The van der Waals surface area contributed by atoms with Crippen molar-refractivity contribution >= 4 is 15.7 Å². The highest BCUT2D eigenvalue weighted by Gasteiger charge is 2.35. The molecule has 4 nitrogen and oxygen atoms in total. The molecular formula is C19H23FN2O2S. The fourth-order valence-corrected chi connectivity index (χ4v) is 5.09. The number of hydrogen-bond acceptors (Lipinski definition) is 3. The van der Waals surface area contributed by atoms with Gasteiger partial charge in [-0.05, 0) is 48.2 Å². The summed E-state index contributed by atoms with van der Waals surface area (Å²) in [7, 11) is 0.479. The molecule has 134 valence electrons. The first kappa shape index (κ1) is 17.9. The molecule has 25 heavy (non-hydrogen) atoms. The Balaban J connectivity index is 1.85. The molecule has 1 heterocycles. The van der Waals surface area contributed by atoms with E-state index in [0.29, 0.717) is 12.1 Å². The highest BCUT2D eigenvalue weighted by Crippen LogP contribution is 2.36. The Bertz CT molecular complexity index is 835. The topological polar surface area (TPSA) is 40.6 Å². The van der Waals surface area contributed by atoms with Crippen molar-refractivity contribution in [3.8, 4) is 0 Å². The molecule has 0 aliphatic carbocycles. The normalized spacial score (nSPS) is 18.4.